The van der Waals surface area contributed by atoms with E-state index in [1.807, 2.05) is 3.58 Å². The fourth-order valence-corrected chi connectivity index (χ4v) is 45.4. The van der Waals surface area contributed by atoms with Crippen LogP contribution in [0.1, 0.15) is 64.2 Å². The van der Waals surface area contributed by atoms with E-state index < -0.39 is 26.5 Å². The molecule has 3 rings (SSSR count). The van der Waals surface area contributed by atoms with Crippen LogP contribution in [0.5, 0.6) is 0 Å². The third-order valence-electron chi connectivity index (χ3n) is 6.80. The molecule has 0 amide bonds. The van der Waals surface area contributed by atoms with Crippen LogP contribution >= 0.6 is 0 Å². The van der Waals surface area contributed by atoms with Crippen molar-refractivity contribution in [2.24, 2.45) is 0 Å². The van der Waals surface area contributed by atoms with Gasteiger partial charge in [0.05, 0.1) is 0 Å². The van der Waals surface area contributed by atoms with Gasteiger partial charge in [0.25, 0.3) is 0 Å². The van der Waals surface area contributed by atoms with Crippen LogP contribution in [0.3, 0.4) is 0 Å². The van der Waals surface area contributed by atoms with E-state index in [0.717, 1.165) is 7.87 Å². The molecule has 0 unspecified atom stereocenters. The predicted molar refractivity (Wildman–Crippen MR) is 114 cm³/mol. The van der Waals surface area contributed by atoms with Gasteiger partial charge in [0.2, 0.25) is 0 Å². The molecule has 2 fully saturated rings. The van der Waals surface area contributed by atoms with Crippen molar-refractivity contribution in [3.05, 3.63) is 30.3 Å². The van der Waals surface area contributed by atoms with Crippen LogP contribution in [-0.4, -0.2) is 26.5 Å². The third-order valence-corrected chi connectivity index (χ3v) is 38.2. The normalized spacial score (nSPS) is 21.8. The summed E-state index contributed by atoms with van der Waals surface area (Å²) in [6.07, 6.45) is 15.4. The van der Waals surface area contributed by atoms with E-state index in [0.29, 0.717) is 0 Å². The minimum absolute atomic E-state index is 1.05. The van der Waals surface area contributed by atoms with Crippen molar-refractivity contribution in [3.8, 4) is 0 Å². The summed E-state index contributed by atoms with van der Waals surface area (Å²) < 4.78 is 5.91. The minimum atomic E-state index is -2.43. The van der Waals surface area contributed by atoms with Crippen LogP contribution in [0.2, 0.25) is 31.6 Å². The second-order valence-electron chi connectivity index (χ2n) is 9.81. The van der Waals surface area contributed by atoms with Crippen molar-refractivity contribution < 1.29 is 0 Å². The summed E-state index contributed by atoms with van der Waals surface area (Å²) in [4.78, 5) is 0. The van der Waals surface area contributed by atoms with Gasteiger partial charge in [0, 0.05) is 0 Å². The average molecular weight is 449 g/mol. The van der Waals surface area contributed by atoms with E-state index in [4.69, 9.17) is 0 Å². The number of benzene rings is 1. The molecule has 0 atom stereocenters. The van der Waals surface area contributed by atoms with Gasteiger partial charge in [-0.25, -0.2) is 0 Å². The van der Waals surface area contributed by atoms with Gasteiger partial charge in [-0.3, -0.25) is 0 Å². The summed E-state index contributed by atoms with van der Waals surface area (Å²) in [7, 11) is -1.05. The maximum absolute atomic E-state index is 2.66. The molecule has 1 aromatic rings. The summed E-state index contributed by atoms with van der Waals surface area (Å²) in [5.41, 5.74) is 0. The van der Waals surface area contributed by atoms with Crippen LogP contribution in [0.4, 0.5) is 0 Å². The Morgan fingerprint density at radius 1 is 0.750 bits per heavy atom. The first-order chi connectivity index (χ1) is 11.5. The van der Waals surface area contributed by atoms with E-state index in [2.05, 4.69) is 50.0 Å². The zero-order valence-corrected chi connectivity index (χ0v) is 20.2. The molecule has 0 nitrogen and oxygen atoms in total. The van der Waals surface area contributed by atoms with Crippen LogP contribution in [0.25, 0.3) is 0 Å². The Morgan fingerprint density at radius 3 is 1.62 bits per heavy atom. The molecule has 0 aromatic heterocycles. The fourth-order valence-electron chi connectivity index (χ4n) is 6.06. The topological polar surface area (TPSA) is 0 Å². The molecule has 1 aromatic carbocycles. The van der Waals surface area contributed by atoms with Gasteiger partial charge >= 0.3 is 156 Å². The van der Waals surface area contributed by atoms with Crippen molar-refractivity contribution >= 4 is 30.0 Å². The van der Waals surface area contributed by atoms with E-state index in [9.17, 15) is 0 Å². The SMILES string of the molecule is C[Si](C)(C)[CH2][Sn]([c]1ccccc1)([CH]1CCCCC1)[CH]1CCCCC1. The van der Waals surface area contributed by atoms with Gasteiger partial charge in [0.1, 0.15) is 0 Å². The second kappa shape index (κ2) is 8.29. The second-order valence-corrected chi connectivity index (χ2v) is 30.6. The van der Waals surface area contributed by atoms with E-state index in [1.165, 1.54) is 38.5 Å². The van der Waals surface area contributed by atoms with Gasteiger partial charge in [0.15, 0.2) is 0 Å². The van der Waals surface area contributed by atoms with Crippen LogP contribution < -0.4 is 3.58 Å². The maximum atomic E-state index is 2.66. The van der Waals surface area contributed by atoms with Gasteiger partial charge in [-0.05, 0) is 0 Å². The van der Waals surface area contributed by atoms with Gasteiger partial charge in [-0.1, -0.05) is 0 Å². The number of rotatable bonds is 5. The molecular formula is C22H38SiSn. The first kappa shape index (κ1) is 19.0. The molecule has 2 saturated carbocycles. The Hall–Kier alpha value is 0.236. The molecule has 2 aliphatic carbocycles. The summed E-state index contributed by atoms with van der Waals surface area (Å²) in [6, 6.07) is 12.1. The Morgan fingerprint density at radius 2 is 1.21 bits per heavy atom. The van der Waals surface area contributed by atoms with Crippen LogP contribution in [-0.2, 0) is 0 Å². The molecule has 24 heavy (non-hydrogen) atoms. The van der Waals surface area contributed by atoms with Crippen LogP contribution in [0.15, 0.2) is 30.3 Å². The van der Waals surface area contributed by atoms with Crippen molar-refractivity contribution in [1.29, 1.82) is 0 Å². The van der Waals surface area contributed by atoms with E-state index in [-0.39, 0.29) is 0 Å². The first-order valence-electron chi connectivity index (χ1n) is 10.6. The van der Waals surface area contributed by atoms with Crippen LogP contribution in [0, 0.1) is 0 Å². The molecule has 2 aliphatic rings. The van der Waals surface area contributed by atoms with E-state index >= 15 is 0 Å². The molecule has 0 aliphatic heterocycles. The molecule has 0 bridgehead atoms. The zero-order chi connectivity index (χ0) is 17.0. The summed E-state index contributed by atoms with van der Waals surface area (Å²) in [6.45, 7) is 7.98. The monoisotopic (exact) mass is 450 g/mol. The quantitative estimate of drug-likeness (QED) is 0.430. The zero-order valence-electron chi connectivity index (χ0n) is 16.3. The Labute approximate surface area is 155 Å². The van der Waals surface area contributed by atoms with Crippen molar-refractivity contribution in [3.63, 3.8) is 0 Å². The van der Waals surface area contributed by atoms with Crippen molar-refractivity contribution in [2.45, 2.75) is 95.8 Å². The molecule has 0 N–H and O–H groups in total. The van der Waals surface area contributed by atoms with Crippen molar-refractivity contribution in [2.75, 3.05) is 0 Å². The molecule has 0 saturated heterocycles. The Balaban J connectivity index is 2.06. The van der Waals surface area contributed by atoms with E-state index in [1.54, 1.807) is 29.7 Å². The molecule has 0 spiro atoms. The summed E-state index contributed by atoms with van der Waals surface area (Å²) >= 11 is -2.43. The average Bonchev–Trinajstić information content (AvgIpc) is 2.61. The number of hydrogen-bond acceptors (Lipinski definition) is 0. The Kier molecular flexibility index (Phi) is 6.56. The molecule has 0 heterocycles. The van der Waals surface area contributed by atoms with Gasteiger partial charge in [-0.2, -0.15) is 0 Å². The Bertz CT molecular complexity index is 474. The van der Waals surface area contributed by atoms with Crippen molar-refractivity contribution in [1.82, 2.24) is 0 Å². The predicted octanol–water partition coefficient (Wildman–Crippen LogP) is 6.89. The summed E-state index contributed by atoms with van der Waals surface area (Å²) in [5.74, 6) is 0. The molecular weight excluding hydrogens is 411 g/mol. The summed E-state index contributed by atoms with van der Waals surface area (Å²) in [5, 5.41) is 0. The molecule has 2 heteroatoms. The van der Waals surface area contributed by atoms with Gasteiger partial charge in [-0.15, -0.1) is 0 Å². The first-order valence-corrected chi connectivity index (χ1v) is 21.0. The molecule has 0 radical (unpaired) electrons. The molecule has 134 valence electrons. The number of hydrogen-bond donors (Lipinski definition) is 0. The van der Waals surface area contributed by atoms with Gasteiger partial charge < -0.3 is 0 Å². The fraction of sp³-hybridized carbons (Fsp3) is 0.727. The third kappa shape index (κ3) is 4.31. The standard InChI is InChI=1S/2C6H11.C6H5.C4H11Si.Sn/c3*1-2-4-6-5-3-1;1-5(2,3)4;/h2*1H,2-6H2;1-5H;1H2,2-4H3;.